The standard InChI is InChI=1S/C22H28FN9S/c1-12-9-18(30-29-12)26-21-19(13-5-6-13)20(17(11-24)32(3)25)27-22(28-21)31(2)16-8-7-14(33-4)10-15(16)23/h7-11,13H,5-6,24-25H2,1-4H3,(H2,26,27,28,29,30)/b17-11-. The van der Waals surface area contributed by atoms with E-state index in [0.717, 1.165) is 29.0 Å². The van der Waals surface area contributed by atoms with Gasteiger partial charge in [-0.3, -0.25) is 5.10 Å². The average Bonchev–Trinajstić information content (AvgIpc) is 3.54. The highest BCUT2D eigenvalue weighted by Gasteiger charge is 2.33. The van der Waals surface area contributed by atoms with Gasteiger partial charge in [0, 0.05) is 42.5 Å². The third-order valence-corrected chi connectivity index (χ3v) is 6.19. The molecule has 0 spiro atoms. The first-order valence-electron chi connectivity index (χ1n) is 10.5. The van der Waals surface area contributed by atoms with E-state index in [1.165, 1.54) is 29.0 Å². The molecule has 2 heterocycles. The highest BCUT2D eigenvalue weighted by Crippen LogP contribution is 2.47. The number of rotatable bonds is 8. The van der Waals surface area contributed by atoms with Crippen molar-refractivity contribution in [2.75, 3.05) is 30.6 Å². The molecule has 1 saturated carbocycles. The van der Waals surface area contributed by atoms with E-state index < -0.39 is 0 Å². The van der Waals surface area contributed by atoms with Crippen molar-refractivity contribution in [3.05, 3.63) is 53.2 Å². The van der Waals surface area contributed by atoms with Gasteiger partial charge in [0.15, 0.2) is 5.82 Å². The third-order valence-electron chi connectivity index (χ3n) is 5.47. The molecule has 6 N–H and O–H groups in total. The lowest BCUT2D eigenvalue weighted by Crippen LogP contribution is -2.27. The van der Waals surface area contributed by atoms with Gasteiger partial charge in [0.2, 0.25) is 5.95 Å². The maximum atomic E-state index is 14.9. The van der Waals surface area contributed by atoms with Gasteiger partial charge in [0.05, 0.1) is 11.4 Å². The number of H-pyrrole nitrogens is 1. The molecule has 1 aliphatic carbocycles. The Labute approximate surface area is 196 Å². The molecule has 3 aromatic rings. The minimum absolute atomic E-state index is 0.273. The van der Waals surface area contributed by atoms with Gasteiger partial charge < -0.3 is 21.0 Å². The summed E-state index contributed by atoms with van der Waals surface area (Å²) in [5.74, 6) is 7.52. The molecule has 0 atom stereocenters. The number of hydrogen-bond donors (Lipinski definition) is 4. The molecule has 0 radical (unpaired) electrons. The zero-order valence-electron chi connectivity index (χ0n) is 19.1. The Kier molecular flexibility index (Phi) is 6.43. The number of aryl methyl sites for hydroxylation is 1. The summed E-state index contributed by atoms with van der Waals surface area (Å²) >= 11 is 1.48. The number of nitrogens with zero attached hydrogens (tertiary/aromatic N) is 5. The zero-order chi connectivity index (χ0) is 23.7. The number of halogens is 1. The minimum atomic E-state index is -0.358. The summed E-state index contributed by atoms with van der Waals surface area (Å²) in [6, 6.07) is 6.97. The molecule has 0 saturated heterocycles. The van der Waals surface area contributed by atoms with E-state index >= 15 is 0 Å². The van der Waals surface area contributed by atoms with E-state index in [4.69, 9.17) is 21.5 Å². The first-order valence-corrected chi connectivity index (χ1v) is 11.7. The number of hydrazine groups is 1. The van der Waals surface area contributed by atoms with Gasteiger partial charge >= 0.3 is 0 Å². The van der Waals surface area contributed by atoms with Gasteiger partial charge in [0.1, 0.15) is 17.3 Å². The highest BCUT2D eigenvalue weighted by atomic mass is 32.2. The molecule has 4 rings (SSSR count). The van der Waals surface area contributed by atoms with E-state index in [0.29, 0.717) is 34.7 Å². The smallest absolute Gasteiger partial charge is 0.232 e. The number of aromatic nitrogens is 4. The van der Waals surface area contributed by atoms with E-state index in [9.17, 15) is 4.39 Å². The largest absolute Gasteiger partial charge is 0.403 e. The van der Waals surface area contributed by atoms with E-state index in [-0.39, 0.29) is 11.7 Å². The Morgan fingerprint density at radius 2 is 2.03 bits per heavy atom. The normalized spacial score (nSPS) is 13.8. The van der Waals surface area contributed by atoms with Crippen LogP contribution in [0, 0.1) is 12.7 Å². The molecule has 1 aliphatic rings. The van der Waals surface area contributed by atoms with Crippen molar-refractivity contribution in [2.24, 2.45) is 11.6 Å². The number of thioether (sulfide) groups is 1. The molecule has 1 fully saturated rings. The quantitative estimate of drug-likeness (QED) is 0.221. The molecule has 2 aromatic heterocycles. The van der Waals surface area contributed by atoms with Crippen LogP contribution in [-0.2, 0) is 0 Å². The maximum Gasteiger partial charge on any atom is 0.232 e. The van der Waals surface area contributed by atoms with Crippen molar-refractivity contribution in [2.45, 2.75) is 30.6 Å². The fraction of sp³-hybridized carbons (Fsp3) is 0.318. The van der Waals surface area contributed by atoms with Crippen LogP contribution in [0.4, 0.5) is 27.7 Å². The second-order valence-electron chi connectivity index (χ2n) is 8.01. The first-order chi connectivity index (χ1) is 15.8. The molecule has 0 amide bonds. The lowest BCUT2D eigenvalue weighted by atomic mass is 10.1. The van der Waals surface area contributed by atoms with Gasteiger partial charge in [-0.25, -0.2) is 15.2 Å². The fourth-order valence-electron chi connectivity index (χ4n) is 3.62. The second kappa shape index (κ2) is 9.28. The monoisotopic (exact) mass is 469 g/mol. The predicted octanol–water partition coefficient (Wildman–Crippen LogP) is 3.82. The molecule has 33 heavy (non-hydrogen) atoms. The third kappa shape index (κ3) is 4.74. The van der Waals surface area contributed by atoms with Crippen molar-refractivity contribution in [3.8, 4) is 0 Å². The number of nitrogens with two attached hydrogens (primary N) is 2. The Bertz CT molecular complexity index is 1190. The Balaban J connectivity index is 1.87. The maximum absolute atomic E-state index is 14.9. The topological polar surface area (TPSA) is 125 Å². The molecule has 9 nitrogen and oxygen atoms in total. The molecule has 0 unspecified atom stereocenters. The Morgan fingerprint density at radius 3 is 2.58 bits per heavy atom. The molecule has 1 aromatic carbocycles. The van der Waals surface area contributed by atoms with Gasteiger partial charge in [-0.05, 0) is 50.1 Å². The number of anilines is 4. The summed E-state index contributed by atoms with van der Waals surface area (Å²) in [6.45, 7) is 1.92. The van der Waals surface area contributed by atoms with E-state index in [1.807, 2.05) is 25.3 Å². The summed E-state index contributed by atoms with van der Waals surface area (Å²) < 4.78 is 14.9. The molecular weight excluding hydrogens is 441 g/mol. The van der Waals surface area contributed by atoms with Crippen LogP contribution in [0.25, 0.3) is 5.70 Å². The van der Waals surface area contributed by atoms with Crippen LogP contribution >= 0.6 is 11.8 Å². The lowest BCUT2D eigenvalue weighted by Gasteiger charge is -2.24. The van der Waals surface area contributed by atoms with Crippen LogP contribution in [0.15, 0.2) is 35.4 Å². The summed E-state index contributed by atoms with van der Waals surface area (Å²) in [4.78, 5) is 12.0. The Morgan fingerprint density at radius 1 is 1.27 bits per heavy atom. The highest BCUT2D eigenvalue weighted by molar-refractivity contribution is 7.98. The molecule has 0 bridgehead atoms. The van der Waals surface area contributed by atoms with Crippen LogP contribution in [-0.4, -0.2) is 45.5 Å². The van der Waals surface area contributed by atoms with Crippen LogP contribution < -0.4 is 21.8 Å². The van der Waals surface area contributed by atoms with Crippen molar-refractivity contribution in [3.63, 3.8) is 0 Å². The molecule has 174 valence electrons. The SMILES string of the molecule is CSc1ccc(N(C)c2nc(Nc3cc(C)[nH]n3)c(C3CC3)c(/C(=C/N)N(C)N)n2)c(F)c1. The molecular formula is C22H28FN9S. The van der Waals surface area contributed by atoms with Crippen LogP contribution in [0.2, 0.25) is 0 Å². The summed E-state index contributed by atoms with van der Waals surface area (Å²) in [5, 5.41) is 11.9. The van der Waals surface area contributed by atoms with Crippen molar-refractivity contribution >= 4 is 40.7 Å². The molecule has 0 aliphatic heterocycles. The van der Waals surface area contributed by atoms with Gasteiger partial charge in [0.25, 0.3) is 0 Å². The van der Waals surface area contributed by atoms with E-state index in [1.54, 1.807) is 25.1 Å². The fourth-order valence-corrected chi connectivity index (χ4v) is 4.04. The van der Waals surface area contributed by atoms with Gasteiger partial charge in [-0.15, -0.1) is 11.8 Å². The predicted molar refractivity (Wildman–Crippen MR) is 131 cm³/mol. The van der Waals surface area contributed by atoms with Gasteiger partial charge in [-0.2, -0.15) is 10.1 Å². The number of benzene rings is 1. The van der Waals surface area contributed by atoms with Crippen molar-refractivity contribution in [1.82, 2.24) is 25.2 Å². The van der Waals surface area contributed by atoms with Crippen molar-refractivity contribution in [1.29, 1.82) is 0 Å². The van der Waals surface area contributed by atoms with E-state index in [2.05, 4.69) is 15.5 Å². The molecule has 11 heteroatoms. The van der Waals surface area contributed by atoms with Crippen LogP contribution in [0.1, 0.15) is 35.7 Å². The summed E-state index contributed by atoms with van der Waals surface area (Å²) in [5.41, 5.74) is 9.29. The summed E-state index contributed by atoms with van der Waals surface area (Å²) in [6.07, 6.45) is 5.35. The van der Waals surface area contributed by atoms with Crippen LogP contribution in [0.5, 0.6) is 0 Å². The average molecular weight is 470 g/mol. The first kappa shape index (κ1) is 22.9. The minimum Gasteiger partial charge on any atom is -0.403 e. The van der Waals surface area contributed by atoms with Crippen molar-refractivity contribution < 1.29 is 4.39 Å². The second-order valence-corrected chi connectivity index (χ2v) is 8.89. The van der Waals surface area contributed by atoms with Gasteiger partial charge in [-0.1, -0.05) is 0 Å². The van der Waals surface area contributed by atoms with Crippen LogP contribution in [0.3, 0.4) is 0 Å². The number of nitrogens with one attached hydrogen (secondary N) is 2. The number of hydrogen-bond acceptors (Lipinski definition) is 9. The number of aromatic amines is 1. The lowest BCUT2D eigenvalue weighted by molar-refractivity contribution is 0.507. The Hall–Kier alpha value is -3.31. The zero-order valence-corrected chi connectivity index (χ0v) is 19.9. The summed E-state index contributed by atoms with van der Waals surface area (Å²) in [7, 11) is 3.43.